The van der Waals surface area contributed by atoms with E-state index in [9.17, 15) is 9.18 Å². The van der Waals surface area contributed by atoms with E-state index in [1.807, 2.05) is 12.1 Å². The van der Waals surface area contributed by atoms with Crippen LogP contribution in [0.3, 0.4) is 0 Å². The van der Waals surface area contributed by atoms with Crippen molar-refractivity contribution in [2.75, 3.05) is 19.8 Å². The molecule has 1 aromatic carbocycles. The minimum atomic E-state index is -0.232. The highest BCUT2D eigenvalue weighted by atomic mass is 19.1. The predicted molar refractivity (Wildman–Crippen MR) is 87.7 cm³/mol. The van der Waals surface area contributed by atoms with Gasteiger partial charge in [-0.05, 0) is 43.2 Å². The number of hydrogen-bond donors (Lipinski definition) is 1. The summed E-state index contributed by atoms with van der Waals surface area (Å²) in [5.74, 6) is 0.254. The Bertz CT molecular complexity index is 534. The van der Waals surface area contributed by atoms with Crippen LogP contribution in [-0.4, -0.2) is 25.7 Å². The van der Waals surface area contributed by atoms with Gasteiger partial charge in [-0.2, -0.15) is 0 Å². The van der Waals surface area contributed by atoms with Crippen molar-refractivity contribution in [3.63, 3.8) is 0 Å². The Balaban J connectivity index is 1.61. The van der Waals surface area contributed by atoms with Crippen molar-refractivity contribution in [3.05, 3.63) is 35.6 Å². The van der Waals surface area contributed by atoms with Crippen molar-refractivity contribution in [1.29, 1.82) is 0 Å². The lowest BCUT2D eigenvalue weighted by Crippen LogP contribution is -2.40. The number of halogens is 1. The summed E-state index contributed by atoms with van der Waals surface area (Å²) in [6.45, 7) is 2.04. The lowest BCUT2D eigenvalue weighted by atomic mass is 9.78. The molecule has 126 valence electrons. The highest BCUT2D eigenvalue weighted by Crippen LogP contribution is 2.41. The van der Waals surface area contributed by atoms with Crippen LogP contribution < -0.4 is 5.32 Å². The van der Waals surface area contributed by atoms with Crippen LogP contribution in [0.15, 0.2) is 24.3 Å². The van der Waals surface area contributed by atoms with E-state index in [-0.39, 0.29) is 17.1 Å². The first-order valence-corrected chi connectivity index (χ1v) is 8.79. The van der Waals surface area contributed by atoms with Gasteiger partial charge in [0.2, 0.25) is 5.91 Å². The second-order valence-electron chi connectivity index (χ2n) is 7.03. The first kappa shape index (κ1) is 16.4. The van der Waals surface area contributed by atoms with Crippen LogP contribution in [0.1, 0.15) is 50.5 Å². The number of amides is 1. The topological polar surface area (TPSA) is 38.3 Å². The zero-order valence-corrected chi connectivity index (χ0v) is 13.7. The second kappa shape index (κ2) is 7.43. The predicted octanol–water partition coefficient (Wildman–Crippen LogP) is 3.57. The summed E-state index contributed by atoms with van der Waals surface area (Å²) in [5, 5.41) is 3.08. The molecule has 3 nitrogen and oxygen atoms in total. The van der Waals surface area contributed by atoms with Gasteiger partial charge in [0, 0.05) is 31.6 Å². The van der Waals surface area contributed by atoms with Crippen LogP contribution in [0.5, 0.6) is 0 Å². The number of ether oxygens (including phenoxy) is 1. The molecule has 1 aliphatic heterocycles. The van der Waals surface area contributed by atoms with E-state index in [2.05, 4.69) is 5.32 Å². The fourth-order valence-corrected chi connectivity index (χ4v) is 4.05. The van der Waals surface area contributed by atoms with Crippen molar-refractivity contribution in [2.24, 2.45) is 5.92 Å². The summed E-state index contributed by atoms with van der Waals surface area (Å²) in [7, 11) is 0. The Labute approximate surface area is 137 Å². The quantitative estimate of drug-likeness (QED) is 0.901. The van der Waals surface area contributed by atoms with Gasteiger partial charge >= 0.3 is 0 Å². The van der Waals surface area contributed by atoms with Crippen molar-refractivity contribution < 1.29 is 13.9 Å². The van der Waals surface area contributed by atoms with Crippen LogP contribution in [0.25, 0.3) is 0 Å². The van der Waals surface area contributed by atoms with Crippen molar-refractivity contribution in [2.45, 2.75) is 50.4 Å². The Morgan fingerprint density at radius 2 is 2.04 bits per heavy atom. The monoisotopic (exact) mass is 319 g/mol. The summed E-state index contributed by atoms with van der Waals surface area (Å²) >= 11 is 0. The minimum Gasteiger partial charge on any atom is -0.381 e. The molecule has 1 amide bonds. The number of hydrogen-bond acceptors (Lipinski definition) is 2. The van der Waals surface area contributed by atoms with E-state index in [0.717, 1.165) is 50.7 Å². The zero-order chi connectivity index (χ0) is 16.1. The van der Waals surface area contributed by atoms with Gasteiger partial charge in [0.1, 0.15) is 5.82 Å². The minimum absolute atomic E-state index is 0.0723. The van der Waals surface area contributed by atoms with Gasteiger partial charge in [-0.3, -0.25) is 4.79 Å². The number of rotatable bonds is 5. The third kappa shape index (κ3) is 3.92. The number of carbonyl (C=O) groups is 1. The smallest absolute Gasteiger partial charge is 0.220 e. The SMILES string of the molecule is O=C(C[C@@H]1CCCOC1)NCC1(c2ccccc2F)CCCC1. The van der Waals surface area contributed by atoms with Gasteiger partial charge in [0.25, 0.3) is 0 Å². The maximum Gasteiger partial charge on any atom is 0.220 e. The molecule has 0 aromatic heterocycles. The standard InChI is InChI=1S/C19H26FNO2/c20-17-8-2-1-7-16(17)19(9-3-4-10-19)14-21-18(22)12-15-6-5-11-23-13-15/h1-2,7-8,15H,3-6,9-14H2,(H,21,22)/t15-/m0/s1. The van der Waals surface area contributed by atoms with Crippen LogP contribution in [0, 0.1) is 11.7 Å². The van der Waals surface area contributed by atoms with Crippen LogP contribution in [0.4, 0.5) is 4.39 Å². The molecule has 1 heterocycles. The highest BCUT2D eigenvalue weighted by Gasteiger charge is 2.37. The van der Waals surface area contributed by atoms with Gasteiger partial charge in [0.05, 0.1) is 0 Å². The van der Waals surface area contributed by atoms with E-state index in [4.69, 9.17) is 4.74 Å². The molecule has 2 aliphatic rings. The number of nitrogens with one attached hydrogen (secondary N) is 1. The molecule has 0 bridgehead atoms. The fourth-order valence-electron chi connectivity index (χ4n) is 4.05. The first-order chi connectivity index (χ1) is 11.2. The summed E-state index contributed by atoms with van der Waals surface area (Å²) in [5.41, 5.74) is 0.531. The molecule has 0 unspecified atom stereocenters. The molecule has 4 heteroatoms. The second-order valence-corrected chi connectivity index (χ2v) is 7.03. The molecule has 3 rings (SSSR count). The number of carbonyl (C=O) groups excluding carboxylic acids is 1. The van der Waals surface area contributed by atoms with Crippen LogP contribution in [-0.2, 0) is 14.9 Å². The van der Waals surface area contributed by atoms with E-state index in [0.29, 0.717) is 25.5 Å². The van der Waals surface area contributed by atoms with Crippen LogP contribution in [0.2, 0.25) is 0 Å². The molecule has 1 saturated heterocycles. The third-order valence-electron chi connectivity index (χ3n) is 5.36. The van der Waals surface area contributed by atoms with Gasteiger partial charge < -0.3 is 10.1 Å². The van der Waals surface area contributed by atoms with E-state index < -0.39 is 0 Å². The largest absolute Gasteiger partial charge is 0.381 e. The van der Waals surface area contributed by atoms with Crippen molar-refractivity contribution in [1.82, 2.24) is 5.32 Å². The van der Waals surface area contributed by atoms with Gasteiger partial charge in [0.15, 0.2) is 0 Å². The van der Waals surface area contributed by atoms with Crippen LogP contribution >= 0.6 is 0 Å². The van der Waals surface area contributed by atoms with Gasteiger partial charge in [-0.25, -0.2) is 4.39 Å². The molecule has 0 spiro atoms. The summed E-state index contributed by atoms with van der Waals surface area (Å²) in [6, 6.07) is 7.02. The Morgan fingerprint density at radius 3 is 2.74 bits per heavy atom. The maximum atomic E-state index is 14.3. The Morgan fingerprint density at radius 1 is 1.26 bits per heavy atom. The highest BCUT2D eigenvalue weighted by molar-refractivity contribution is 5.76. The summed E-state index contributed by atoms with van der Waals surface area (Å²) < 4.78 is 19.7. The Kier molecular flexibility index (Phi) is 5.31. The van der Waals surface area contributed by atoms with E-state index in [1.54, 1.807) is 6.07 Å². The summed E-state index contributed by atoms with van der Waals surface area (Å²) in [4.78, 5) is 12.3. The fraction of sp³-hybridized carbons (Fsp3) is 0.632. The maximum absolute atomic E-state index is 14.3. The molecule has 1 aromatic rings. The average Bonchev–Trinajstić information content (AvgIpc) is 3.04. The van der Waals surface area contributed by atoms with Crippen molar-refractivity contribution in [3.8, 4) is 0 Å². The summed E-state index contributed by atoms with van der Waals surface area (Å²) in [6.07, 6.45) is 6.71. The molecule has 23 heavy (non-hydrogen) atoms. The lowest BCUT2D eigenvalue weighted by Gasteiger charge is -2.31. The third-order valence-corrected chi connectivity index (χ3v) is 5.36. The molecule has 1 saturated carbocycles. The molecule has 2 fully saturated rings. The number of benzene rings is 1. The first-order valence-electron chi connectivity index (χ1n) is 8.79. The average molecular weight is 319 g/mol. The molecule has 0 radical (unpaired) electrons. The van der Waals surface area contributed by atoms with E-state index in [1.165, 1.54) is 6.07 Å². The van der Waals surface area contributed by atoms with Gasteiger partial charge in [-0.1, -0.05) is 31.0 Å². The molecule has 1 atom stereocenters. The van der Waals surface area contributed by atoms with E-state index >= 15 is 0 Å². The molecule has 1 aliphatic carbocycles. The molecule has 1 N–H and O–H groups in total. The van der Waals surface area contributed by atoms with Gasteiger partial charge in [-0.15, -0.1) is 0 Å². The normalized spacial score (nSPS) is 23.6. The Hall–Kier alpha value is -1.42. The zero-order valence-electron chi connectivity index (χ0n) is 13.7. The molecular weight excluding hydrogens is 293 g/mol. The van der Waals surface area contributed by atoms with Crippen molar-refractivity contribution >= 4 is 5.91 Å². The lowest BCUT2D eigenvalue weighted by molar-refractivity contribution is -0.123. The molecular formula is C19H26FNO2.